The van der Waals surface area contributed by atoms with Crippen LogP contribution in [0.5, 0.6) is 5.75 Å². The number of nitrogen functional groups attached to an aromatic ring is 1. The van der Waals surface area contributed by atoms with Crippen molar-refractivity contribution >= 4 is 44.1 Å². The molecule has 4 N–H and O–H groups in total. The summed E-state index contributed by atoms with van der Waals surface area (Å²) < 4.78 is 32.9. The topological polar surface area (TPSA) is 105 Å². The quantitative estimate of drug-likeness (QED) is 0.429. The molecule has 24 heavy (non-hydrogen) atoms. The van der Waals surface area contributed by atoms with Crippen LogP contribution in [0.25, 0.3) is 10.8 Å². The number of sulfonamides is 1. The van der Waals surface area contributed by atoms with Crippen LogP contribution < -0.4 is 10.5 Å². The molecule has 1 fully saturated rings. The second-order valence-electron chi connectivity index (χ2n) is 5.55. The molecule has 0 unspecified atom stereocenters. The van der Waals surface area contributed by atoms with Gasteiger partial charge in [-0.15, -0.1) is 0 Å². The van der Waals surface area contributed by atoms with Gasteiger partial charge in [-0.05, 0) is 24.1 Å². The Morgan fingerprint density at radius 2 is 2.04 bits per heavy atom. The van der Waals surface area contributed by atoms with E-state index in [9.17, 15) is 13.5 Å². The van der Waals surface area contributed by atoms with E-state index in [-0.39, 0.29) is 5.75 Å². The van der Waals surface area contributed by atoms with Gasteiger partial charge in [0.25, 0.3) is 0 Å². The lowest BCUT2D eigenvalue weighted by Crippen LogP contribution is -2.30. The van der Waals surface area contributed by atoms with Crippen molar-refractivity contribution in [3.05, 3.63) is 24.3 Å². The number of nitrogens with two attached hydrogens (primary N) is 1. The molecule has 1 saturated heterocycles. The van der Waals surface area contributed by atoms with Crippen molar-refractivity contribution in [1.82, 2.24) is 4.31 Å². The van der Waals surface area contributed by atoms with Crippen LogP contribution >= 0.6 is 11.9 Å². The third-order valence-electron chi connectivity index (χ3n) is 3.62. The van der Waals surface area contributed by atoms with E-state index >= 15 is 0 Å². The Kier molecular flexibility index (Phi) is 4.77. The van der Waals surface area contributed by atoms with Crippen LogP contribution in [0.4, 0.5) is 11.4 Å². The van der Waals surface area contributed by atoms with Gasteiger partial charge in [-0.2, -0.15) is 0 Å². The highest BCUT2D eigenvalue weighted by Gasteiger charge is 2.18. The van der Waals surface area contributed by atoms with Crippen molar-refractivity contribution in [3.63, 3.8) is 0 Å². The van der Waals surface area contributed by atoms with Gasteiger partial charge in [0.2, 0.25) is 10.0 Å². The normalized spacial score (nSPS) is 16.4. The van der Waals surface area contributed by atoms with E-state index in [4.69, 9.17) is 10.5 Å². The van der Waals surface area contributed by atoms with Crippen molar-refractivity contribution in [2.24, 2.45) is 0 Å². The molecule has 0 aliphatic carbocycles. The van der Waals surface area contributed by atoms with Crippen LogP contribution in [0.15, 0.2) is 29.2 Å². The lowest BCUT2D eigenvalue weighted by atomic mass is 10.1. The molecular weight excluding hydrogens is 350 g/mol. The van der Waals surface area contributed by atoms with E-state index in [1.807, 2.05) is 0 Å². The van der Waals surface area contributed by atoms with Gasteiger partial charge in [-0.25, -0.2) is 12.7 Å². The fourth-order valence-corrected chi connectivity index (χ4v) is 4.16. The number of nitrogens with one attached hydrogen (secondary N) is 1. The van der Waals surface area contributed by atoms with E-state index in [0.717, 1.165) is 19.3 Å². The molecule has 130 valence electrons. The summed E-state index contributed by atoms with van der Waals surface area (Å²) in [6.45, 7) is 2.83. The maximum absolute atomic E-state index is 11.5. The molecule has 0 aromatic heterocycles. The average molecular weight is 369 g/mol. The van der Waals surface area contributed by atoms with Crippen LogP contribution in [0.2, 0.25) is 0 Å². The molecule has 0 spiro atoms. The van der Waals surface area contributed by atoms with Crippen molar-refractivity contribution in [2.75, 3.05) is 43.0 Å². The first kappa shape index (κ1) is 17.2. The Morgan fingerprint density at radius 3 is 2.71 bits per heavy atom. The Hall–Kier alpha value is -1.68. The minimum absolute atomic E-state index is 0.0906. The molecule has 2 aromatic carbocycles. The molecule has 3 rings (SSSR count). The van der Waals surface area contributed by atoms with E-state index in [1.54, 1.807) is 24.3 Å². The molecule has 7 nitrogen and oxygen atoms in total. The van der Waals surface area contributed by atoms with Gasteiger partial charge in [0, 0.05) is 29.5 Å². The zero-order valence-corrected chi connectivity index (χ0v) is 14.8. The Morgan fingerprint density at radius 1 is 1.33 bits per heavy atom. The Labute approximate surface area is 145 Å². The van der Waals surface area contributed by atoms with Crippen LogP contribution in [-0.4, -0.2) is 50.4 Å². The number of nitrogens with zero attached hydrogens (tertiary/aromatic N) is 1. The summed E-state index contributed by atoms with van der Waals surface area (Å²) in [5.74, 6) is 0.0906. The molecule has 2 aromatic rings. The lowest BCUT2D eigenvalue weighted by Gasteiger charge is -2.26. The molecule has 0 atom stereocenters. The highest BCUT2D eigenvalue weighted by molar-refractivity contribution is 7.97. The summed E-state index contributed by atoms with van der Waals surface area (Å²) >= 11 is 1.42. The zero-order chi connectivity index (χ0) is 17.3. The molecule has 1 aliphatic heterocycles. The van der Waals surface area contributed by atoms with Crippen LogP contribution in [-0.2, 0) is 14.8 Å². The number of hydrogen-bond acceptors (Lipinski definition) is 7. The van der Waals surface area contributed by atoms with Gasteiger partial charge >= 0.3 is 0 Å². The largest absolute Gasteiger partial charge is 0.506 e. The number of ether oxygens (including phenoxy) is 1. The summed E-state index contributed by atoms with van der Waals surface area (Å²) in [4.78, 5) is 0.637. The summed E-state index contributed by atoms with van der Waals surface area (Å²) in [5.41, 5.74) is 6.91. The molecule has 1 heterocycles. The van der Waals surface area contributed by atoms with E-state index in [2.05, 4.69) is 9.03 Å². The molecule has 0 saturated carbocycles. The third-order valence-corrected chi connectivity index (χ3v) is 5.34. The van der Waals surface area contributed by atoms with E-state index < -0.39 is 10.0 Å². The molecule has 0 amide bonds. The predicted molar refractivity (Wildman–Crippen MR) is 96.7 cm³/mol. The molecule has 1 aliphatic rings. The van der Waals surface area contributed by atoms with Gasteiger partial charge < -0.3 is 15.6 Å². The first-order chi connectivity index (χ1) is 11.3. The van der Waals surface area contributed by atoms with E-state index in [0.29, 0.717) is 40.3 Å². The Bertz CT molecular complexity index is 865. The molecule has 0 bridgehead atoms. The Balaban J connectivity index is 2.04. The first-order valence-electron chi connectivity index (χ1n) is 7.38. The third kappa shape index (κ3) is 3.69. The second-order valence-corrected chi connectivity index (χ2v) is 8.43. The second kappa shape index (κ2) is 6.67. The zero-order valence-electron chi connectivity index (χ0n) is 13.2. The monoisotopic (exact) mass is 369 g/mol. The number of benzene rings is 2. The van der Waals surface area contributed by atoms with Gasteiger partial charge in [0.05, 0.1) is 30.1 Å². The number of anilines is 2. The minimum atomic E-state index is -3.45. The minimum Gasteiger partial charge on any atom is -0.506 e. The summed E-state index contributed by atoms with van der Waals surface area (Å²) in [5, 5.41) is 11.6. The highest BCUT2D eigenvalue weighted by Crippen LogP contribution is 2.42. The van der Waals surface area contributed by atoms with Crippen molar-refractivity contribution in [2.45, 2.75) is 4.90 Å². The van der Waals surface area contributed by atoms with Crippen LogP contribution in [0.1, 0.15) is 0 Å². The molecule has 9 heteroatoms. The van der Waals surface area contributed by atoms with Crippen LogP contribution in [0.3, 0.4) is 0 Å². The van der Waals surface area contributed by atoms with Gasteiger partial charge in [-0.3, -0.25) is 4.72 Å². The maximum atomic E-state index is 11.5. The highest BCUT2D eigenvalue weighted by atomic mass is 32.2. The average Bonchev–Trinajstić information content (AvgIpc) is 2.51. The fourth-order valence-electron chi connectivity index (χ4n) is 2.61. The number of phenols is 1. The van der Waals surface area contributed by atoms with Gasteiger partial charge in [0.15, 0.2) is 0 Å². The lowest BCUT2D eigenvalue weighted by molar-refractivity contribution is 0.0773. The van der Waals surface area contributed by atoms with Gasteiger partial charge in [0.1, 0.15) is 5.75 Å². The van der Waals surface area contributed by atoms with Crippen molar-refractivity contribution < 1.29 is 18.3 Å². The standard InChI is InChI=1S/C15H19N3O4S2/c1-24(20,21)17-12-4-2-3-10-14(12)11(16)9-13(15(10)19)23-18-5-7-22-8-6-18/h2-4,9,17,19H,5-8,16H2,1H3. The number of aromatic hydroxyl groups is 1. The smallest absolute Gasteiger partial charge is 0.229 e. The maximum Gasteiger partial charge on any atom is 0.229 e. The van der Waals surface area contributed by atoms with Crippen LogP contribution in [0, 0.1) is 0 Å². The summed E-state index contributed by atoms with van der Waals surface area (Å²) in [6, 6.07) is 6.69. The number of morpholine rings is 1. The number of hydrogen-bond donors (Lipinski definition) is 3. The first-order valence-corrected chi connectivity index (χ1v) is 10.0. The van der Waals surface area contributed by atoms with E-state index in [1.165, 1.54) is 11.9 Å². The molecular formula is C15H19N3O4S2. The number of phenolic OH excluding ortho intramolecular Hbond substituents is 1. The predicted octanol–water partition coefficient (Wildman–Crippen LogP) is 1.84. The SMILES string of the molecule is CS(=O)(=O)Nc1cccc2c(O)c(SN3CCOCC3)cc(N)c12. The number of rotatable bonds is 4. The summed E-state index contributed by atoms with van der Waals surface area (Å²) in [6.07, 6.45) is 1.07. The molecule has 0 radical (unpaired) electrons. The van der Waals surface area contributed by atoms with Crippen molar-refractivity contribution in [1.29, 1.82) is 0 Å². The number of fused-ring (bicyclic) bond motifs is 1. The fraction of sp³-hybridized carbons (Fsp3) is 0.333. The summed E-state index contributed by atoms with van der Waals surface area (Å²) in [7, 11) is -3.45. The van der Waals surface area contributed by atoms with Crippen molar-refractivity contribution in [3.8, 4) is 5.75 Å². The van der Waals surface area contributed by atoms with Gasteiger partial charge in [-0.1, -0.05) is 12.1 Å².